The van der Waals surface area contributed by atoms with Crippen molar-refractivity contribution in [2.45, 2.75) is 40.3 Å². The van der Waals surface area contributed by atoms with E-state index in [1.807, 2.05) is 26.8 Å². The predicted octanol–water partition coefficient (Wildman–Crippen LogP) is 5.40. The molecule has 2 aromatic carbocycles. The molecule has 0 fully saturated rings. The minimum Gasteiger partial charge on any atom is -0.333 e. The number of anilines is 1. The lowest BCUT2D eigenvalue weighted by Gasteiger charge is -2.38. The zero-order valence-corrected chi connectivity index (χ0v) is 16.6. The molecule has 0 radical (unpaired) electrons. The fourth-order valence-electron chi connectivity index (χ4n) is 3.45. The second kappa shape index (κ2) is 7.21. The average molecular weight is 405 g/mol. The first-order valence-electron chi connectivity index (χ1n) is 9.21. The van der Waals surface area contributed by atoms with Crippen LogP contribution in [-0.2, 0) is 27.0 Å². The van der Waals surface area contributed by atoms with Gasteiger partial charge in [0.1, 0.15) is 0 Å². The summed E-state index contributed by atoms with van der Waals surface area (Å²) in [6, 6.07) is 10.1. The predicted molar refractivity (Wildman–Crippen MR) is 103 cm³/mol. The van der Waals surface area contributed by atoms with E-state index in [0.29, 0.717) is 17.7 Å². The molecule has 1 aliphatic rings. The maximum atomic E-state index is 12.9. The van der Waals surface area contributed by atoms with Crippen LogP contribution in [0.3, 0.4) is 0 Å². The summed E-state index contributed by atoms with van der Waals surface area (Å²) in [5, 5.41) is 1.04. The van der Waals surface area contributed by atoms with Crippen molar-refractivity contribution in [2.24, 2.45) is 11.3 Å². The summed E-state index contributed by atoms with van der Waals surface area (Å²) in [4.78, 5) is 29.6. The van der Waals surface area contributed by atoms with Crippen molar-refractivity contribution < 1.29 is 27.6 Å². The van der Waals surface area contributed by atoms with Crippen LogP contribution in [-0.4, -0.2) is 11.9 Å². The molecule has 2 aromatic rings. The number of rotatable bonds is 2. The average Bonchev–Trinajstić information content (AvgIpc) is 2.61. The van der Waals surface area contributed by atoms with E-state index < -0.39 is 23.6 Å². The second-order valence-corrected chi connectivity index (χ2v) is 8.26. The van der Waals surface area contributed by atoms with Crippen molar-refractivity contribution >= 4 is 17.6 Å². The SMILES string of the molecule is CC(=O)ON1C(=O)C(C(C)(C)C)Cc2cc(-c3ccc(C(F)(F)F)cc3)ccc21. The smallest absolute Gasteiger partial charge is 0.333 e. The highest BCUT2D eigenvalue weighted by molar-refractivity contribution is 5.98. The van der Waals surface area contributed by atoms with Crippen LogP contribution in [0.1, 0.15) is 38.8 Å². The van der Waals surface area contributed by atoms with Crippen molar-refractivity contribution in [3.05, 3.63) is 53.6 Å². The number of carbonyl (C=O) groups is 2. The lowest BCUT2D eigenvalue weighted by molar-refractivity contribution is -0.151. The van der Waals surface area contributed by atoms with Gasteiger partial charge in [0.05, 0.1) is 17.2 Å². The molecule has 1 amide bonds. The third kappa shape index (κ3) is 4.28. The van der Waals surface area contributed by atoms with Gasteiger partial charge in [-0.2, -0.15) is 13.2 Å². The zero-order chi connectivity index (χ0) is 21.6. The van der Waals surface area contributed by atoms with Crippen LogP contribution < -0.4 is 5.06 Å². The van der Waals surface area contributed by atoms with Gasteiger partial charge in [0, 0.05) is 6.92 Å². The van der Waals surface area contributed by atoms with Gasteiger partial charge in [0.25, 0.3) is 5.91 Å². The van der Waals surface area contributed by atoms with Gasteiger partial charge >= 0.3 is 12.1 Å². The molecule has 154 valence electrons. The van der Waals surface area contributed by atoms with Crippen LogP contribution in [0.25, 0.3) is 11.1 Å². The first kappa shape index (κ1) is 20.9. The van der Waals surface area contributed by atoms with Gasteiger partial charge in [-0.3, -0.25) is 4.79 Å². The van der Waals surface area contributed by atoms with Gasteiger partial charge in [-0.15, -0.1) is 5.06 Å². The molecule has 7 heteroatoms. The maximum absolute atomic E-state index is 12.9. The van der Waals surface area contributed by atoms with Crippen LogP contribution in [0, 0.1) is 11.3 Å². The van der Waals surface area contributed by atoms with E-state index >= 15 is 0 Å². The molecule has 0 N–H and O–H groups in total. The van der Waals surface area contributed by atoms with Crippen LogP contribution in [0.5, 0.6) is 0 Å². The second-order valence-electron chi connectivity index (χ2n) is 8.26. The Morgan fingerprint density at radius 3 is 2.14 bits per heavy atom. The Bertz CT molecular complexity index is 943. The zero-order valence-electron chi connectivity index (χ0n) is 16.6. The van der Waals surface area contributed by atoms with Crippen molar-refractivity contribution in [3.8, 4) is 11.1 Å². The Morgan fingerprint density at radius 1 is 1.03 bits per heavy atom. The molecule has 0 spiro atoms. The molecule has 0 aliphatic carbocycles. The number of fused-ring (bicyclic) bond motifs is 1. The summed E-state index contributed by atoms with van der Waals surface area (Å²) in [6.07, 6.45) is -3.94. The molecule has 3 rings (SSSR count). The highest BCUT2D eigenvalue weighted by Gasteiger charge is 2.41. The third-order valence-electron chi connectivity index (χ3n) is 5.03. The molecule has 29 heavy (non-hydrogen) atoms. The molecule has 0 bridgehead atoms. The number of amides is 1. The van der Waals surface area contributed by atoms with E-state index in [2.05, 4.69) is 0 Å². The summed E-state index contributed by atoms with van der Waals surface area (Å²) in [5.41, 5.74) is 1.55. The van der Waals surface area contributed by atoms with Crippen molar-refractivity contribution in [2.75, 3.05) is 5.06 Å². The third-order valence-corrected chi connectivity index (χ3v) is 5.03. The van der Waals surface area contributed by atoms with Crippen LogP contribution in [0.2, 0.25) is 0 Å². The van der Waals surface area contributed by atoms with Gasteiger partial charge in [-0.1, -0.05) is 39.0 Å². The highest BCUT2D eigenvalue weighted by atomic mass is 19.4. The largest absolute Gasteiger partial charge is 0.416 e. The molecular weight excluding hydrogens is 383 g/mol. The number of hydroxylamine groups is 1. The minimum absolute atomic E-state index is 0.289. The topological polar surface area (TPSA) is 46.6 Å². The molecule has 0 aromatic heterocycles. The fraction of sp³-hybridized carbons (Fsp3) is 0.364. The quantitative estimate of drug-likeness (QED) is 0.672. The Hall–Kier alpha value is -2.83. The Labute approximate surface area is 167 Å². The molecule has 1 unspecified atom stereocenters. The summed E-state index contributed by atoms with van der Waals surface area (Å²) in [6.45, 7) is 7.04. The number of carbonyl (C=O) groups excluding carboxylic acids is 2. The van der Waals surface area contributed by atoms with Gasteiger partial charge in [0.2, 0.25) is 0 Å². The highest BCUT2D eigenvalue weighted by Crippen LogP contribution is 2.41. The van der Waals surface area contributed by atoms with Gasteiger partial charge in [-0.05, 0) is 52.8 Å². The van der Waals surface area contributed by atoms with Crippen molar-refractivity contribution in [1.82, 2.24) is 0 Å². The number of nitrogens with zero attached hydrogens (tertiary/aromatic N) is 1. The number of halogens is 3. The maximum Gasteiger partial charge on any atom is 0.416 e. The standard InChI is InChI=1S/C22H22F3NO3/c1-13(27)29-26-19-10-7-15(14-5-8-17(9-6-14)22(23,24)25)11-16(19)12-18(20(26)28)21(2,3)4/h5-11,18H,12H2,1-4H3. The molecule has 1 aliphatic heterocycles. The number of hydrogen-bond donors (Lipinski definition) is 0. The van der Waals surface area contributed by atoms with Crippen molar-refractivity contribution in [3.63, 3.8) is 0 Å². The lowest BCUT2D eigenvalue weighted by Crippen LogP contribution is -2.46. The Kier molecular flexibility index (Phi) is 5.19. The molecular formula is C22H22F3NO3. The molecule has 4 nitrogen and oxygen atoms in total. The number of hydrogen-bond acceptors (Lipinski definition) is 3. The summed E-state index contributed by atoms with van der Waals surface area (Å²) < 4.78 is 38.4. The van der Waals surface area contributed by atoms with Gasteiger partial charge in [0.15, 0.2) is 0 Å². The van der Waals surface area contributed by atoms with E-state index in [-0.39, 0.29) is 11.3 Å². The normalized spacial score (nSPS) is 17.1. The first-order valence-corrected chi connectivity index (χ1v) is 9.21. The lowest BCUT2D eigenvalue weighted by atomic mass is 9.74. The van der Waals surface area contributed by atoms with E-state index in [0.717, 1.165) is 28.3 Å². The van der Waals surface area contributed by atoms with Gasteiger partial charge in [-0.25, -0.2) is 4.79 Å². The van der Waals surface area contributed by atoms with E-state index in [1.165, 1.54) is 19.1 Å². The monoisotopic (exact) mass is 405 g/mol. The van der Waals surface area contributed by atoms with Crippen molar-refractivity contribution in [1.29, 1.82) is 0 Å². The van der Waals surface area contributed by atoms with Gasteiger partial charge < -0.3 is 4.84 Å². The van der Waals surface area contributed by atoms with Crippen LogP contribution in [0.4, 0.5) is 18.9 Å². The molecule has 1 atom stereocenters. The molecule has 1 heterocycles. The van der Waals surface area contributed by atoms with E-state index in [4.69, 9.17) is 4.84 Å². The Morgan fingerprint density at radius 2 is 1.62 bits per heavy atom. The summed E-state index contributed by atoms with van der Waals surface area (Å²) >= 11 is 0. The van der Waals surface area contributed by atoms with Crippen LogP contribution >= 0.6 is 0 Å². The summed E-state index contributed by atoms with van der Waals surface area (Å²) in [7, 11) is 0. The Balaban J connectivity index is 2.03. The number of benzene rings is 2. The van der Waals surface area contributed by atoms with E-state index in [9.17, 15) is 22.8 Å². The molecule has 0 saturated carbocycles. The van der Waals surface area contributed by atoms with E-state index in [1.54, 1.807) is 12.1 Å². The summed E-state index contributed by atoms with van der Waals surface area (Å²) in [5.74, 6) is -1.30. The fourth-order valence-corrected chi connectivity index (χ4v) is 3.45. The minimum atomic E-state index is -4.39. The first-order chi connectivity index (χ1) is 13.4. The molecule has 0 saturated heterocycles. The van der Waals surface area contributed by atoms with Crippen LogP contribution in [0.15, 0.2) is 42.5 Å². The number of alkyl halides is 3.